The van der Waals surface area contributed by atoms with Crippen LogP contribution in [0.1, 0.15) is 25.8 Å². The van der Waals surface area contributed by atoms with E-state index in [1.165, 1.54) is 13.0 Å². The number of hydrogen-bond donors (Lipinski definition) is 3. The number of carbonyl (C=O) groups is 2. The molecule has 0 fully saturated rings. The Morgan fingerprint density at radius 2 is 1.90 bits per heavy atom. The van der Waals surface area contributed by atoms with Gasteiger partial charge in [0, 0.05) is 12.6 Å². The molecule has 116 valence electrons. The zero-order valence-corrected chi connectivity index (χ0v) is 11.5. The number of nitrogens with two attached hydrogens (primary N) is 1. The first-order valence-corrected chi connectivity index (χ1v) is 6.20. The predicted molar refractivity (Wildman–Crippen MR) is 72.6 cm³/mol. The van der Waals surface area contributed by atoms with Crippen LogP contribution in [0.3, 0.4) is 0 Å². The number of rotatable bonds is 4. The summed E-state index contributed by atoms with van der Waals surface area (Å²) in [6.45, 7) is 2.83. The topological polar surface area (TPSA) is 84.2 Å². The molecular formula is C13H16F3N3O2. The number of anilines is 2. The maximum atomic E-state index is 13.0. The van der Waals surface area contributed by atoms with E-state index in [1.807, 2.05) is 0 Å². The summed E-state index contributed by atoms with van der Waals surface area (Å²) in [7, 11) is 0. The lowest BCUT2D eigenvalue weighted by Gasteiger charge is -2.17. The van der Waals surface area contributed by atoms with Gasteiger partial charge in [0.25, 0.3) is 0 Å². The Labute approximate surface area is 119 Å². The third kappa shape index (κ3) is 4.75. The lowest BCUT2D eigenvalue weighted by molar-refractivity contribution is -0.137. The number of nitrogens with one attached hydrogen (secondary N) is 2. The summed E-state index contributed by atoms with van der Waals surface area (Å²) in [6, 6.07) is 2.22. The maximum Gasteiger partial charge on any atom is 0.418 e. The number of alkyl halides is 3. The molecule has 0 saturated carbocycles. The Morgan fingerprint density at radius 3 is 2.38 bits per heavy atom. The summed E-state index contributed by atoms with van der Waals surface area (Å²) in [5.41, 5.74) is 4.01. The van der Waals surface area contributed by atoms with E-state index in [9.17, 15) is 22.8 Å². The third-order valence-electron chi connectivity index (χ3n) is 2.68. The van der Waals surface area contributed by atoms with Crippen molar-refractivity contribution in [1.29, 1.82) is 0 Å². The number of carbonyl (C=O) groups excluding carboxylic acids is 2. The lowest BCUT2D eigenvalue weighted by atomic mass is 10.1. The largest absolute Gasteiger partial charge is 0.418 e. The second kappa shape index (κ2) is 6.57. The van der Waals surface area contributed by atoms with Crippen molar-refractivity contribution in [2.24, 2.45) is 5.73 Å². The molecule has 0 unspecified atom stereocenters. The van der Waals surface area contributed by atoms with Gasteiger partial charge in [-0.15, -0.1) is 0 Å². The second-order valence-corrected chi connectivity index (χ2v) is 4.44. The molecule has 1 atom stereocenters. The smallest absolute Gasteiger partial charge is 0.326 e. The van der Waals surface area contributed by atoms with Crippen LogP contribution >= 0.6 is 0 Å². The van der Waals surface area contributed by atoms with Crippen LogP contribution in [-0.4, -0.2) is 17.9 Å². The minimum absolute atomic E-state index is 0.00684. The summed E-state index contributed by atoms with van der Waals surface area (Å²) < 4.78 is 39.0. The van der Waals surface area contributed by atoms with E-state index in [2.05, 4.69) is 10.6 Å². The standard InChI is InChI=1S/C13H16F3N3O2/c1-3-10(17)12(21)19-11-5-4-8(18-7(2)20)6-9(11)13(14,15)16/h4-6,10H,3,17H2,1-2H3,(H,18,20)(H,19,21)/t10-/m0/s1. The molecule has 1 aromatic carbocycles. The van der Waals surface area contributed by atoms with Gasteiger partial charge >= 0.3 is 6.18 Å². The highest BCUT2D eigenvalue weighted by Crippen LogP contribution is 2.36. The van der Waals surface area contributed by atoms with Crippen LogP contribution in [0.25, 0.3) is 0 Å². The fourth-order valence-electron chi connectivity index (χ4n) is 1.58. The van der Waals surface area contributed by atoms with Crippen LogP contribution in [0.5, 0.6) is 0 Å². The molecule has 0 bridgehead atoms. The Kier molecular flexibility index (Phi) is 5.31. The molecule has 2 amide bonds. The van der Waals surface area contributed by atoms with Gasteiger partial charge in [-0.3, -0.25) is 9.59 Å². The van der Waals surface area contributed by atoms with Crippen molar-refractivity contribution in [1.82, 2.24) is 0 Å². The molecule has 21 heavy (non-hydrogen) atoms. The van der Waals surface area contributed by atoms with Crippen LogP contribution in [-0.2, 0) is 15.8 Å². The highest BCUT2D eigenvalue weighted by atomic mass is 19.4. The summed E-state index contributed by atoms with van der Waals surface area (Å²) in [5.74, 6) is -1.19. The monoisotopic (exact) mass is 303 g/mol. The van der Waals surface area contributed by atoms with Gasteiger partial charge in [-0.05, 0) is 24.6 Å². The molecule has 4 N–H and O–H groups in total. The minimum Gasteiger partial charge on any atom is -0.326 e. The molecule has 0 aliphatic heterocycles. The Morgan fingerprint density at radius 1 is 1.29 bits per heavy atom. The Balaban J connectivity index is 3.14. The molecule has 8 heteroatoms. The average Bonchev–Trinajstić information content (AvgIpc) is 2.37. The molecule has 0 aromatic heterocycles. The molecule has 0 heterocycles. The zero-order valence-electron chi connectivity index (χ0n) is 11.5. The quantitative estimate of drug-likeness (QED) is 0.798. The average molecular weight is 303 g/mol. The fraction of sp³-hybridized carbons (Fsp3) is 0.385. The summed E-state index contributed by atoms with van der Waals surface area (Å²) in [6.07, 6.45) is -4.37. The number of benzene rings is 1. The van der Waals surface area contributed by atoms with Gasteiger partial charge in [-0.2, -0.15) is 13.2 Å². The molecule has 0 radical (unpaired) electrons. The maximum absolute atomic E-state index is 13.0. The summed E-state index contributed by atoms with van der Waals surface area (Å²) in [5, 5.41) is 4.41. The van der Waals surface area contributed by atoms with Crippen molar-refractivity contribution in [3.8, 4) is 0 Å². The van der Waals surface area contributed by atoms with Crippen LogP contribution in [0.2, 0.25) is 0 Å². The molecule has 1 aromatic rings. The van der Waals surface area contributed by atoms with Crippen LogP contribution < -0.4 is 16.4 Å². The first-order valence-electron chi connectivity index (χ1n) is 6.20. The lowest BCUT2D eigenvalue weighted by Crippen LogP contribution is -2.35. The van der Waals surface area contributed by atoms with Gasteiger partial charge in [0.2, 0.25) is 11.8 Å². The van der Waals surface area contributed by atoms with E-state index in [-0.39, 0.29) is 5.69 Å². The van der Waals surface area contributed by atoms with Gasteiger partial charge < -0.3 is 16.4 Å². The SMILES string of the molecule is CC[C@H](N)C(=O)Nc1ccc(NC(C)=O)cc1C(F)(F)F. The van der Waals surface area contributed by atoms with Crippen molar-refractivity contribution >= 4 is 23.2 Å². The molecule has 5 nitrogen and oxygen atoms in total. The molecule has 0 aliphatic rings. The van der Waals surface area contributed by atoms with Gasteiger partial charge in [0.05, 0.1) is 17.3 Å². The first-order chi connectivity index (χ1) is 9.65. The van der Waals surface area contributed by atoms with Gasteiger partial charge in [-0.25, -0.2) is 0 Å². The molecular weight excluding hydrogens is 287 g/mol. The first kappa shape index (κ1) is 17.0. The highest BCUT2D eigenvalue weighted by Gasteiger charge is 2.34. The molecule has 0 spiro atoms. The van der Waals surface area contributed by atoms with E-state index in [0.29, 0.717) is 6.42 Å². The number of hydrogen-bond acceptors (Lipinski definition) is 3. The number of amides is 2. The highest BCUT2D eigenvalue weighted by molar-refractivity contribution is 5.96. The normalized spacial score (nSPS) is 12.7. The van der Waals surface area contributed by atoms with E-state index in [1.54, 1.807) is 6.92 Å². The van der Waals surface area contributed by atoms with E-state index in [0.717, 1.165) is 12.1 Å². The minimum atomic E-state index is -4.67. The molecule has 0 saturated heterocycles. The third-order valence-corrected chi connectivity index (χ3v) is 2.68. The Hall–Kier alpha value is -2.09. The molecule has 0 aliphatic carbocycles. The number of halogens is 3. The van der Waals surface area contributed by atoms with E-state index in [4.69, 9.17) is 5.73 Å². The van der Waals surface area contributed by atoms with Gasteiger partial charge in [-0.1, -0.05) is 6.92 Å². The fourth-order valence-corrected chi connectivity index (χ4v) is 1.58. The van der Waals surface area contributed by atoms with E-state index < -0.39 is 35.3 Å². The van der Waals surface area contributed by atoms with E-state index >= 15 is 0 Å². The predicted octanol–water partition coefficient (Wildman–Crippen LogP) is 2.34. The Bertz CT molecular complexity index is 544. The van der Waals surface area contributed by atoms with Crippen molar-refractivity contribution < 1.29 is 22.8 Å². The summed E-state index contributed by atoms with van der Waals surface area (Å²) in [4.78, 5) is 22.5. The zero-order chi connectivity index (χ0) is 16.2. The van der Waals surface area contributed by atoms with Crippen LogP contribution in [0.15, 0.2) is 18.2 Å². The van der Waals surface area contributed by atoms with Crippen molar-refractivity contribution in [3.63, 3.8) is 0 Å². The van der Waals surface area contributed by atoms with Crippen molar-refractivity contribution in [3.05, 3.63) is 23.8 Å². The van der Waals surface area contributed by atoms with Gasteiger partial charge in [0.1, 0.15) is 0 Å². The van der Waals surface area contributed by atoms with Crippen molar-refractivity contribution in [2.75, 3.05) is 10.6 Å². The van der Waals surface area contributed by atoms with Gasteiger partial charge in [0.15, 0.2) is 0 Å². The second-order valence-electron chi connectivity index (χ2n) is 4.44. The summed E-state index contributed by atoms with van der Waals surface area (Å²) >= 11 is 0. The van der Waals surface area contributed by atoms with Crippen LogP contribution in [0, 0.1) is 0 Å². The van der Waals surface area contributed by atoms with Crippen molar-refractivity contribution in [2.45, 2.75) is 32.5 Å². The van der Waals surface area contributed by atoms with Crippen LogP contribution in [0.4, 0.5) is 24.5 Å². The molecule has 1 rings (SSSR count).